The largest absolute Gasteiger partial charge is 0.393 e. The molecule has 3 amide bonds. The Morgan fingerprint density at radius 3 is 1.89 bits per heavy atom. The summed E-state index contributed by atoms with van der Waals surface area (Å²) >= 11 is 0. The summed E-state index contributed by atoms with van der Waals surface area (Å²) in [4.78, 5) is 46.7. The van der Waals surface area contributed by atoms with E-state index in [0.717, 1.165) is 25.7 Å². The predicted molar refractivity (Wildman–Crippen MR) is 175 cm³/mol. The standard InChI is InChI=1S/C32H61N5O7S/c1-8-15-36(16-9-2)32(42)26-19-24(18-25(20-26)31(41)35(6)7)30(40)33-28(17-23-11-13-27(38)14-12-23)29(39)21-37(10-3)34-45(43,44)22(4)5/h22-29,34,38-39H,8-21H2,1-7H3,(H,33,40). The van der Waals surface area contributed by atoms with Crippen molar-refractivity contribution in [2.75, 3.05) is 40.3 Å². The van der Waals surface area contributed by atoms with Gasteiger partial charge in [-0.1, -0.05) is 20.8 Å². The van der Waals surface area contributed by atoms with E-state index in [1.807, 2.05) is 18.7 Å². The van der Waals surface area contributed by atoms with Crippen LogP contribution in [0.1, 0.15) is 98.8 Å². The summed E-state index contributed by atoms with van der Waals surface area (Å²) in [6.45, 7) is 10.5. The van der Waals surface area contributed by atoms with Gasteiger partial charge in [0.2, 0.25) is 27.7 Å². The molecule has 0 aromatic heterocycles. The van der Waals surface area contributed by atoms with Crippen LogP contribution in [0.4, 0.5) is 0 Å². The molecular weight excluding hydrogens is 598 g/mol. The molecule has 0 aromatic carbocycles. The average molecular weight is 660 g/mol. The number of hydrazine groups is 1. The van der Waals surface area contributed by atoms with Crippen LogP contribution in [0.5, 0.6) is 0 Å². The van der Waals surface area contributed by atoms with E-state index in [1.165, 1.54) is 9.91 Å². The van der Waals surface area contributed by atoms with E-state index in [2.05, 4.69) is 10.1 Å². The minimum atomic E-state index is -3.63. The Kier molecular flexibility index (Phi) is 16.2. The van der Waals surface area contributed by atoms with Crippen LogP contribution >= 0.6 is 0 Å². The van der Waals surface area contributed by atoms with Gasteiger partial charge in [-0.25, -0.2) is 13.4 Å². The third-order valence-electron chi connectivity index (χ3n) is 9.38. The molecule has 0 saturated heterocycles. The van der Waals surface area contributed by atoms with Crippen LogP contribution in [0.2, 0.25) is 0 Å². The van der Waals surface area contributed by atoms with E-state index in [9.17, 15) is 33.0 Å². The van der Waals surface area contributed by atoms with Crippen molar-refractivity contribution in [1.29, 1.82) is 0 Å². The van der Waals surface area contributed by atoms with Crippen molar-refractivity contribution in [3.8, 4) is 0 Å². The van der Waals surface area contributed by atoms with E-state index < -0.39 is 45.2 Å². The number of amides is 3. The lowest BCUT2D eigenvalue weighted by molar-refractivity contribution is -0.143. The topological polar surface area (TPSA) is 160 Å². The van der Waals surface area contributed by atoms with Gasteiger partial charge in [0, 0.05) is 58.0 Å². The van der Waals surface area contributed by atoms with Crippen molar-refractivity contribution in [3.63, 3.8) is 0 Å². The molecule has 13 heteroatoms. The zero-order valence-corrected chi connectivity index (χ0v) is 29.5. The number of sulfonamides is 1. The summed E-state index contributed by atoms with van der Waals surface area (Å²) in [5, 5.41) is 25.4. The Bertz CT molecular complexity index is 1040. The van der Waals surface area contributed by atoms with Crippen molar-refractivity contribution in [2.24, 2.45) is 23.7 Å². The number of nitrogens with one attached hydrogen (secondary N) is 2. The van der Waals surface area contributed by atoms with Crippen LogP contribution in [0.15, 0.2) is 0 Å². The van der Waals surface area contributed by atoms with Crippen LogP contribution in [-0.4, -0.2) is 115 Å². The number of carbonyl (C=O) groups excluding carboxylic acids is 3. The highest BCUT2D eigenvalue weighted by atomic mass is 32.2. The number of hydrogen-bond acceptors (Lipinski definition) is 8. The second-order valence-electron chi connectivity index (χ2n) is 13.7. The molecule has 0 heterocycles. The lowest BCUT2D eigenvalue weighted by Gasteiger charge is -2.38. The second-order valence-corrected chi connectivity index (χ2v) is 15.9. The maximum absolute atomic E-state index is 14.0. The Morgan fingerprint density at radius 1 is 0.867 bits per heavy atom. The predicted octanol–water partition coefficient (Wildman–Crippen LogP) is 2.11. The lowest BCUT2D eigenvalue weighted by atomic mass is 9.73. The van der Waals surface area contributed by atoms with Crippen LogP contribution in [0.3, 0.4) is 0 Å². The molecule has 2 aliphatic rings. The summed E-state index contributed by atoms with van der Waals surface area (Å²) < 4.78 is 25.1. The molecule has 0 bridgehead atoms. The fraction of sp³-hybridized carbons (Fsp3) is 0.906. The third-order valence-corrected chi connectivity index (χ3v) is 11.1. The molecule has 0 aliphatic heterocycles. The maximum atomic E-state index is 14.0. The van der Waals surface area contributed by atoms with Gasteiger partial charge in [0.05, 0.1) is 23.5 Å². The number of hydrogen-bond donors (Lipinski definition) is 4. The SMILES string of the molecule is CCCN(CCC)C(=O)C1CC(C(=O)NC(CC2CCC(O)CC2)C(O)CN(CC)NS(=O)(=O)C(C)C)CC(C(=O)N(C)C)C1. The van der Waals surface area contributed by atoms with Crippen molar-refractivity contribution in [2.45, 2.75) is 122 Å². The highest BCUT2D eigenvalue weighted by Gasteiger charge is 2.41. The summed E-state index contributed by atoms with van der Waals surface area (Å²) in [6, 6.07) is -0.675. The molecule has 0 radical (unpaired) electrons. The highest BCUT2D eigenvalue weighted by Crippen LogP contribution is 2.36. The van der Waals surface area contributed by atoms with Gasteiger partial charge in [0.15, 0.2) is 0 Å². The molecule has 5 atom stereocenters. The fourth-order valence-electron chi connectivity index (χ4n) is 6.65. The van der Waals surface area contributed by atoms with Gasteiger partial charge >= 0.3 is 0 Å². The number of rotatable bonds is 17. The zero-order chi connectivity index (χ0) is 33.9. The van der Waals surface area contributed by atoms with Crippen molar-refractivity contribution < 1.29 is 33.0 Å². The zero-order valence-electron chi connectivity index (χ0n) is 28.7. The number of aliphatic hydroxyl groups excluding tert-OH is 2. The normalized spacial score (nSPS) is 25.5. The van der Waals surface area contributed by atoms with Gasteiger partial charge in [-0.15, -0.1) is 4.83 Å². The lowest BCUT2D eigenvalue weighted by Crippen LogP contribution is -2.55. The van der Waals surface area contributed by atoms with Crippen LogP contribution in [0, 0.1) is 23.7 Å². The molecule has 12 nitrogen and oxygen atoms in total. The summed E-state index contributed by atoms with van der Waals surface area (Å²) in [5.74, 6) is -1.74. The molecule has 262 valence electrons. The van der Waals surface area contributed by atoms with Gasteiger partial charge in [-0.2, -0.15) is 0 Å². The molecular formula is C32H61N5O7S. The molecule has 5 unspecified atom stereocenters. The maximum Gasteiger partial charge on any atom is 0.226 e. The minimum Gasteiger partial charge on any atom is -0.393 e. The first-order chi connectivity index (χ1) is 21.1. The molecule has 2 fully saturated rings. The monoisotopic (exact) mass is 659 g/mol. The Morgan fingerprint density at radius 2 is 1.40 bits per heavy atom. The van der Waals surface area contributed by atoms with E-state index in [1.54, 1.807) is 34.9 Å². The number of aliphatic hydroxyl groups is 2. The third kappa shape index (κ3) is 12.1. The molecule has 0 aromatic rings. The quantitative estimate of drug-likeness (QED) is 0.173. The summed E-state index contributed by atoms with van der Waals surface area (Å²) in [6.07, 6.45) is 4.59. The van der Waals surface area contributed by atoms with Crippen molar-refractivity contribution >= 4 is 27.7 Å². The highest BCUT2D eigenvalue weighted by molar-refractivity contribution is 7.90. The number of carbonyl (C=O) groups is 3. The molecule has 0 spiro atoms. The van der Waals surface area contributed by atoms with Crippen LogP contribution < -0.4 is 10.1 Å². The first kappa shape index (κ1) is 39.4. The Hall–Kier alpha value is -1.80. The molecule has 4 N–H and O–H groups in total. The van der Waals surface area contributed by atoms with E-state index >= 15 is 0 Å². The van der Waals surface area contributed by atoms with E-state index in [-0.39, 0.29) is 36.3 Å². The second kappa shape index (κ2) is 18.5. The first-order valence-corrected chi connectivity index (χ1v) is 18.6. The minimum absolute atomic E-state index is 0.0128. The van der Waals surface area contributed by atoms with Gasteiger partial charge in [0.1, 0.15) is 0 Å². The number of nitrogens with zero attached hydrogens (tertiary/aromatic N) is 3. The van der Waals surface area contributed by atoms with Crippen molar-refractivity contribution in [3.05, 3.63) is 0 Å². The molecule has 2 aliphatic carbocycles. The molecule has 2 rings (SSSR count). The van der Waals surface area contributed by atoms with Gasteiger partial charge < -0.3 is 25.3 Å². The van der Waals surface area contributed by atoms with Crippen molar-refractivity contribution in [1.82, 2.24) is 25.0 Å². The van der Waals surface area contributed by atoms with Gasteiger partial charge in [-0.3, -0.25) is 14.4 Å². The van der Waals surface area contributed by atoms with E-state index in [4.69, 9.17) is 0 Å². The smallest absolute Gasteiger partial charge is 0.226 e. The average Bonchev–Trinajstić information content (AvgIpc) is 2.99. The number of likely N-dealkylation sites (N-methyl/N-ethyl adjacent to an activating group) is 1. The van der Waals surface area contributed by atoms with Gasteiger partial charge in [-0.05, 0) is 84.0 Å². The van der Waals surface area contributed by atoms with E-state index in [0.29, 0.717) is 58.2 Å². The molecule has 2 saturated carbocycles. The fourth-order valence-corrected chi connectivity index (χ4v) is 7.43. The first-order valence-electron chi connectivity index (χ1n) is 17.1. The Balaban J connectivity index is 2.30. The molecule has 45 heavy (non-hydrogen) atoms. The van der Waals surface area contributed by atoms with Crippen LogP contribution in [-0.2, 0) is 24.4 Å². The Labute approximate surface area is 271 Å². The summed E-state index contributed by atoms with van der Waals surface area (Å²) in [7, 11) is -0.259. The van der Waals surface area contributed by atoms with Crippen LogP contribution in [0.25, 0.3) is 0 Å². The summed E-state index contributed by atoms with van der Waals surface area (Å²) in [5.41, 5.74) is 0. The van der Waals surface area contributed by atoms with Gasteiger partial charge in [0.25, 0.3) is 0 Å².